The van der Waals surface area contributed by atoms with Gasteiger partial charge in [-0.1, -0.05) is 13.8 Å². The minimum absolute atomic E-state index is 0.102. The summed E-state index contributed by atoms with van der Waals surface area (Å²) in [5.74, 6) is 0.0233. The van der Waals surface area contributed by atoms with Gasteiger partial charge < -0.3 is 9.57 Å². The lowest BCUT2D eigenvalue weighted by atomic mass is 10.1. The SMILES string of the molecule is CC(CCCC(=O)OC(C)C(C)C)O[N+](=O)[O-]. The average molecular weight is 247 g/mol. The van der Waals surface area contributed by atoms with Gasteiger partial charge in [-0.25, -0.2) is 0 Å². The van der Waals surface area contributed by atoms with Crippen LogP contribution in [0.1, 0.15) is 47.0 Å². The van der Waals surface area contributed by atoms with E-state index in [-0.39, 0.29) is 24.4 Å². The van der Waals surface area contributed by atoms with Gasteiger partial charge in [0.25, 0.3) is 5.09 Å². The van der Waals surface area contributed by atoms with Crippen LogP contribution in [0.2, 0.25) is 0 Å². The lowest BCUT2D eigenvalue weighted by molar-refractivity contribution is -0.767. The van der Waals surface area contributed by atoms with Gasteiger partial charge in [0, 0.05) is 6.42 Å². The number of nitrogens with zero attached hydrogens (tertiary/aromatic N) is 1. The molecule has 0 aromatic carbocycles. The van der Waals surface area contributed by atoms with Gasteiger partial charge in [-0.2, -0.15) is 0 Å². The molecule has 0 bridgehead atoms. The molecule has 0 saturated heterocycles. The molecule has 100 valence electrons. The molecule has 6 nitrogen and oxygen atoms in total. The lowest BCUT2D eigenvalue weighted by Crippen LogP contribution is -2.20. The molecule has 0 aliphatic heterocycles. The summed E-state index contributed by atoms with van der Waals surface area (Å²) in [6.07, 6.45) is 0.669. The molecular weight excluding hydrogens is 226 g/mol. The molecule has 17 heavy (non-hydrogen) atoms. The second-order valence-corrected chi connectivity index (χ2v) is 4.47. The second-order valence-electron chi connectivity index (χ2n) is 4.47. The molecule has 2 unspecified atom stereocenters. The molecule has 0 fully saturated rings. The van der Waals surface area contributed by atoms with Crippen LogP contribution in [0.15, 0.2) is 0 Å². The van der Waals surface area contributed by atoms with Crippen molar-refractivity contribution in [2.24, 2.45) is 5.92 Å². The van der Waals surface area contributed by atoms with E-state index in [9.17, 15) is 14.9 Å². The number of esters is 1. The molecule has 0 aliphatic rings. The van der Waals surface area contributed by atoms with Gasteiger partial charge in [0.2, 0.25) is 0 Å². The molecule has 0 spiro atoms. The zero-order valence-corrected chi connectivity index (χ0v) is 10.8. The number of ether oxygens (including phenoxy) is 1. The van der Waals surface area contributed by atoms with Crippen LogP contribution in [0.4, 0.5) is 0 Å². The Hall–Kier alpha value is -1.33. The third-order valence-electron chi connectivity index (χ3n) is 2.51. The van der Waals surface area contributed by atoms with Crippen LogP contribution in [-0.4, -0.2) is 23.3 Å². The van der Waals surface area contributed by atoms with Crippen LogP contribution >= 0.6 is 0 Å². The summed E-state index contributed by atoms with van der Waals surface area (Å²) >= 11 is 0. The summed E-state index contributed by atoms with van der Waals surface area (Å²) in [6, 6.07) is 0. The molecule has 0 saturated carbocycles. The van der Waals surface area contributed by atoms with Crippen LogP contribution in [0.25, 0.3) is 0 Å². The summed E-state index contributed by atoms with van der Waals surface area (Å²) < 4.78 is 5.16. The number of carbonyl (C=O) groups is 1. The highest BCUT2D eigenvalue weighted by Gasteiger charge is 2.13. The maximum absolute atomic E-state index is 11.4. The van der Waals surface area contributed by atoms with Gasteiger partial charge in [0.15, 0.2) is 0 Å². The summed E-state index contributed by atoms with van der Waals surface area (Å²) in [7, 11) is 0. The van der Waals surface area contributed by atoms with E-state index in [1.54, 1.807) is 6.92 Å². The fourth-order valence-electron chi connectivity index (χ4n) is 1.14. The molecule has 0 N–H and O–H groups in total. The predicted octanol–water partition coefficient (Wildman–Crippen LogP) is 2.34. The Morgan fingerprint density at radius 1 is 1.29 bits per heavy atom. The van der Waals surface area contributed by atoms with Crippen molar-refractivity contribution in [1.29, 1.82) is 0 Å². The van der Waals surface area contributed by atoms with Gasteiger partial charge in [0.1, 0.15) is 12.2 Å². The molecule has 0 rings (SSSR count). The quantitative estimate of drug-likeness (QED) is 0.373. The van der Waals surface area contributed by atoms with Gasteiger partial charge >= 0.3 is 5.97 Å². The van der Waals surface area contributed by atoms with Crippen molar-refractivity contribution >= 4 is 5.97 Å². The minimum Gasteiger partial charge on any atom is -0.462 e. The maximum atomic E-state index is 11.4. The minimum atomic E-state index is -0.816. The second kappa shape index (κ2) is 7.86. The molecule has 2 atom stereocenters. The van der Waals surface area contributed by atoms with E-state index >= 15 is 0 Å². The smallest absolute Gasteiger partial charge is 0.306 e. The zero-order chi connectivity index (χ0) is 13.4. The molecule has 0 aromatic heterocycles. The van der Waals surface area contributed by atoms with Crippen molar-refractivity contribution in [1.82, 2.24) is 0 Å². The van der Waals surface area contributed by atoms with Crippen LogP contribution in [0.5, 0.6) is 0 Å². The average Bonchev–Trinajstić information content (AvgIpc) is 2.15. The first kappa shape index (κ1) is 15.7. The summed E-state index contributed by atoms with van der Waals surface area (Å²) in [5.41, 5.74) is 0. The fourth-order valence-corrected chi connectivity index (χ4v) is 1.14. The van der Waals surface area contributed by atoms with Gasteiger partial charge in [0.05, 0.1) is 0 Å². The Bertz CT molecular complexity index is 254. The van der Waals surface area contributed by atoms with E-state index in [0.29, 0.717) is 12.8 Å². The lowest BCUT2D eigenvalue weighted by Gasteiger charge is -2.16. The topological polar surface area (TPSA) is 78.7 Å². The maximum Gasteiger partial charge on any atom is 0.306 e. The van der Waals surface area contributed by atoms with E-state index in [1.165, 1.54) is 0 Å². The van der Waals surface area contributed by atoms with Crippen molar-refractivity contribution in [2.75, 3.05) is 0 Å². The Kier molecular flexibility index (Phi) is 7.25. The third kappa shape index (κ3) is 8.47. The van der Waals surface area contributed by atoms with Crippen molar-refractivity contribution in [3.05, 3.63) is 10.1 Å². The first-order valence-corrected chi connectivity index (χ1v) is 5.83. The Labute approximate surface area is 101 Å². The number of hydrogen-bond acceptors (Lipinski definition) is 5. The first-order chi connectivity index (χ1) is 7.82. The molecule has 0 aromatic rings. The predicted molar refractivity (Wildman–Crippen MR) is 61.8 cm³/mol. The Balaban J connectivity index is 3.67. The largest absolute Gasteiger partial charge is 0.462 e. The molecular formula is C11H21NO5. The van der Waals surface area contributed by atoms with E-state index in [2.05, 4.69) is 4.84 Å². The van der Waals surface area contributed by atoms with E-state index < -0.39 is 11.2 Å². The van der Waals surface area contributed by atoms with E-state index in [4.69, 9.17) is 4.74 Å². The van der Waals surface area contributed by atoms with Gasteiger partial charge in [-0.15, -0.1) is 10.1 Å². The van der Waals surface area contributed by atoms with E-state index in [1.807, 2.05) is 20.8 Å². The van der Waals surface area contributed by atoms with Crippen molar-refractivity contribution in [3.8, 4) is 0 Å². The molecule has 6 heteroatoms. The van der Waals surface area contributed by atoms with Gasteiger partial charge in [-0.05, 0) is 32.6 Å². The van der Waals surface area contributed by atoms with Crippen molar-refractivity contribution < 1.29 is 19.5 Å². The van der Waals surface area contributed by atoms with Crippen LogP contribution < -0.4 is 0 Å². The van der Waals surface area contributed by atoms with Crippen molar-refractivity contribution in [2.45, 2.75) is 59.2 Å². The Morgan fingerprint density at radius 2 is 1.88 bits per heavy atom. The normalized spacial score (nSPS) is 14.2. The monoisotopic (exact) mass is 247 g/mol. The van der Waals surface area contributed by atoms with Crippen LogP contribution in [-0.2, 0) is 14.4 Å². The standard InChI is InChI=1S/C11H21NO5/c1-8(2)10(4)16-11(13)7-5-6-9(3)17-12(14)15/h8-10H,5-7H2,1-4H3. The number of carbonyl (C=O) groups excluding carboxylic acids is 1. The Morgan fingerprint density at radius 3 is 2.35 bits per heavy atom. The fraction of sp³-hybridized carbons (Fsp3) is 0.909. The zero-order valence-electron chi connectivity index (χ0n) is 10.8. The van der Waals surface area contributed by atoms with E-state index in [0.717, 1.165) is 0 Å². The molecule has 0 aliphatic carbocycles. The summed E-state index contributed by atoms with van der Waals surface area (Å²) in [6.45, 7) is 7.40. The molecule has 0 amide bonds. The molecule has 0 heterocycles. The summed E-state index contributed by atoms with van der Waals surface area (Å²) in [4.78, 5) is 25.7. The highest BCUT2D eigenvalue weighted by atomic mass is 17.0. The highest BCUT2D eigenvalue weighted by Crippen LogP contribution is 2.09. The van der Waals surface area contributed by atoms with Crippen LogP contribution in [0, 0.1) is 16.0 Å². The summed E-state index contributed by atoms with van der Waals surface area (Å²) in [5, 5.41) is 9.20. The number of rotatable bonds is 8. The first-order valence-electron chi connectivity index (χ1n) is 5.83. The van der Waals surface area contributed by atoms with Gasteiger partial charge in [-0.3, -0.25) is 4.79 Å². The third-order valence-corrected chi connectivity index (χ3v) is 2.51. The van der Waals surface area contributed by atoms with Crippen molar-refractivity contribution in [3.63, 3.8) is 0 Å². The number of hydrogen-bond donors (Lipinski definition) is 0. The highest BCUT2D eigenvalue weighted by molar-refractivity contribution is 5.69. The van der Waals surface area contributed by atoms with Crippen LogP contribution in [0.3, 0.4) is 0 Å². The molecule has 0 radical (unpaired) electrons.